The fourth-order valence-electron chi connectivity index (χ4n) is 0.236. The third kappa shape index (κ3) is 0.516. The van der Waals surface area contributed by atoms with E-state index in [-0.39, 0.29) is 0 Å². The van der Waals surface area contributed by atoms with Crippen LogP contribution in [0.1, 0.15) is 0 Å². The van der Waals surface area contributed by atoms with Crippen molar-refractivity contribution >= 4 is 0 Å². The summed E-state index contributed by atoms with van der Waals surface area (Å²) in [5, 5.41) is 1.16. The lowest BCUT2D eigenvalue weighted by Gasteiger charge is -1.94. The standard InChI is InChI=1S/C4H5NO/c1-3-6-4-2-5-1/h1-5H/i/hD. The maximum atomic E-state index is 6.85. The molecule has 2 heteroatoms. The molecule has 0 bridgehead atoms. The first-order chi connectivity index (χ1) is 3.39. The summed E-state index contributed by atoms with van der Waals surface area (Å²) in [6.07, 6.45) is 5.88. The van der Waals surface area contributed by atoms with Gasteiger partial charge in [-0.1, -0.05) is 0 Å². The SMILES string of the molecule is [2H]N1C=COC=C1. The van der Waals surface area contributed by atoms with E-state index in [2.05, 4.69) is 4.74 Å². The van der Waals surface area contributed by atoms with Crippen LogP contribution >= 0.6 is 0 Å². The Balaban J connectivity index is 2.49. The van der Waals surface area contributed by atoms with Crippen LogP contribution in [0.5, 0.6) is 0 Å². The minimum Gasteiger partial charge on any atom is -0.470 e. The summed E-state index contributed by atoms with van der Waals surface area (Å²) in [6.45, 7) is 0. The van der Waals surface area contributed by atoms with Crippen LogP contribution in [0.4, 0.5) is 0 Å². The van der Waals surface area contributed by atoms with Gasteiger partial charge in [-0.25, -0.2) is 0 Å². The highest BCUT2D eigenvalue weighted by Gasteiger charge is 1.72. The van der Waals surface area contributed by atoms with E-state index in [4.69, 9.17) is 1.41 Å². The van der Waals surface area contributed by atoms with E-state index >= 15 is 0 Å². The van der Waals surface area contributed by atoms with Crippen molar-refractivity contribution in [1.82, 2.24) is 5.31 Å². The lowest BCUT2D eigenvalue weighted by molar-refractivity contribution is 0.390. The molecule has 0 aromatic heterocycles. The van der Waals surface area contributed by atoms with Crippen LogP contribution in [0, 0.1) is 0 Å². The zero-order valence-corrected chi connectivity index (χ0v) is 3.16. The number of nitrogens with one attached hydrogen (secondary N) is 1. The first kappa shape index (κ1) is 2.29. The minimum atomic E-state index is 1.16. The van der Waals surface area contributed by atoms with Gasteiger partial charge in [0.05, 0.1) is 0 Å². The molecule has 1 heterocycles. The summed E-state index contributed by atoms with van der Waals surface area (Å²) in [7, 11) is 0. The van der Waals surface area contributed by atoms with Gasteiger partial charge in [-0.05, 0) is 0 Å². The molecule has 0 aromatic rings. The van der Waals surface area contributed by atoms with Gasteiger partial charge in [0.15, 0.2) is 1.41 Å². The van der Waals surface area contributed by atoms with E-state index in [9.17, 15) is 0 Å². The van der Waals surface area contributed by atoms with Crippen molar-refractivity contribution in [3.05, 3.63) is 24.9 Å². The van der Waals surface area contributed by atoms with Gasteiger partial charge >= 0.3 is 0 Å². The first-order valence-corrected chi connectivity index (χ1v) is 1.65. The molecule has 32 valence electrons. The quantitative estimate of drug-likeness (QED) is 0.462. The summed E-state index contributed by atoms with van der Waals surface area (Å²) in [5.74, 6) is 0. The van der Waals surface area contributed by atoms with Gasteiger partial charge < -0.3 is 10.0 Å². The smallest absolute Gasteiger partial charge is 0.166 e. The van der Waals surface area contributed by atoms with E-state index in [0.29, 0.717) is 0 Å². The monoisotopic (exact) mass is 84.0 g/mol. The second kappa shape index (κ2) is 1.50. The Kier molecular flexibility index (Phi) is 0.572. The Bertz CT molecular complexity index is 98.3. The minimum absolute atomic E-state index is 1.16. The topological polar surface area (TPSA) is 21.3 Å². The van der Waals surface area contributed by atoms with Gasteiger partial charge in [-0.2, -0.15) is 0 Å². The zero-order valence-electron chi connectivity index (χ0n) is 4.16. The number of rotatable bonds is 0. The van der Waals surface area contributed by atoms with E-state index in [1.54, 1.807) is 0 Å². The molecular formula is C4H5NO. The van der Waals surface area contributed by atoms with Gasteiger partial charge in [0, 0.05) is 12.4 Å². The number of ether oxygens (including phenoxy) is 1. The molecule has 0 unspecified atom stereocenters. The lowest BCUT2D eigenvalue weighted by Crippen LogP contribution is -1.94. The van der Waals surface area contributed by atoms with Crippen LogP contribution in [0.15, 0.2) is 24.9 Å². The Morgan fingerprint density at radius 3 is 2.50 bits per heavy atom. The normalized spacial score (nSPS) is 20.0. The highest BCUT2D eigenvalue weighted by Crippen LogP contribution is 1.81. The molecule has 0 fully saturated rings. The highest BCUT2D eigenvalue weighted by molar-refractivity contribution is 4.87. The van der Waals surface area contributed by atoms with Gasteiger partial charge in [-0.3, -0.25) is 0 Å². The summed E-state index contributed by atoms with van der Waals surface area (Å²) in [4.78, 5) is 0. The van der Waals surface area contributed by atoms with Crippen molar-refractivity contribution < 1.29 is 6.15 Å². The van der Waals surface area contributed by atoms with Crippen LogP contribution in [0.25, 0.3) is 0 Å². The van der Waals surface area contributed by atoms with Crippen LogP contribution in [0.3, 0.4) is 0 Å². The first-order valence-electron chi connectivity index (χ1n) is 2.10. The molecular weight excluding hydrogens is 78.0 g/mol. The second-order valence-corrected chi connectivity index (χ2v) is 0.855. The van der Waals surface area contributed by atoms with Gasteiger partial charge in [-0.15, -0.1) is 0 Å². The lowest BCUT2D eigenvalue weighted by atomic mass is 10.8. The van der Waals surface area contributed by atoms with Crippen molar-refractivity contribution in [1.29, 1.82) is 0 Å². The van der Waals surface area contributed by atoms with Crippen molar-refractivity contribution in [2.75, 3.05) is 0 Å². The summed E-state index contributed by atoms with van der Waals surface area (Å²) < 4.78 is 11.5. The Morgan fingerprint density at radius 2 is 2.17 bits per heavy atom. The predicted molar refractivity (Wildman–Crippen MR) is 22.5 cm³/mol. The average molecular weight is 84.1 g/mol. The van der Waals surface area contributed by atoms with E-state index in [0.717, 1.165) is 5.31 Å². The molecule has 0 spiro atoms. The van der Waals surface area contributed by atoms with Crippen molar-refractivity contribution in [2.24, 2.45) is 0 Å². The van der Waals surface area contributed by atoms with Crippen molar-refractivity contribution in [3.63, 3.8) is 0 Å². The highest BCUT2D eigenvalue weighted by atomic mass is 16.5. The van der Waals surface area contributed by atoms with E-state index in [1.807, 2.05) is 0 Å². The largest absolute Gasteiger partial charge is 0.470 e. The fraction of sp³-hybridized carbons (Fsp3) is 0. The number of hydrogen-bond donors (Lipinski definition) is 1. The van der Waals surface area contributed by atoms with Crippen LogP contribution in [-0.4, -0.2) is 0 Å². The molecule has 1 N–H and O–H groups in total. The van der Waals surface area contributed by atoms with Gasteiger partial charge in [0.25, 0.3) is 0 Å². The molecule has 1 rings (SSSR count). The van der Waals surface area contributed by atoms with Crippen LogP contribution in [0.2, 0.25) is 1.41 Å². The third-order valence-corrected chi connectivity index (χ3v) is 0.451. The molecule has 1 aliphatic rings. The van der Waals surface area contributed by atoms with E-state index in [1.165, 1.54) is 24.9 Å². The molecule has 0 aromatic carbocycles. The van der Waals surface area contributed by atoms with Crippen molar-refractivity contribution in [2.45, 2.75) is 0 Å². The van der Waals surface area contributed by atoms with Crippen LogP contribution < -0.4 is 5.31 Å². The van der Waals surface area contributed by atoms with Crippen molar-refractivity contribution in [3.8, 4) is 0 Å². The fourth-order valence-corrected chi connectivity index (χ4v) is 0.236. The Labute approximate surface area is 37.6 Å². The zero-order chi connectivity index (χ0) is 5.11. The molecule has 2 nitrogen and oxygen atoms in total. The molecule has 1 aliphatic heterocycles. The Hall–Kier alpha value is -0.920. The van der Waals surface area contributed by atoms with Crippen LogP contribution in [-0.2, 0) is 4.74 Å². The molecule has 0 amide bonds. The molecule has 0 saturated heterocycles. The van der Waals surface area contributed by atoms with Gasteiger partial charge in [0.1, 0.15) is 12.5 Å². The number of hydrogen-bond acceptors (Lipinski definition) is 2. The second-order valence-electron chi connectivity index (χ2n) is 0.855. The maximum absolute atomic E-state index is 6.85. The molecule has 0 radical (unpaired) electrons. The average Bonchev–Trinajstić information content (AvgIpc) is 1.69. The third-order valence-electron chi connectivity index (χ3n) is 0.451. The van der Waals surface area contributed by atoms with E-state index < -0.39 is 0 Å². The molecule has 0 atom stereocenters. The summed E-state index contributed by atoms with van der Waals surface area (Å²) >= 11 is 0. The summed E-state index contributed by atoms with van der Waals surface area (Å²) in [5.41, 5.74) is 0. The predicted octanol–water partition coefficient (Wildman–Crippen LogP) is 0.549. The Morgan fingerprint density at radius 1 is 1.50 bits per heavy atom. The van der Waals surface area contributed by atoms with Gasteiger partial charge in [0.2, 0.25) is 0 Å². The molecule has 6 heavy (non-hydrogen) atoms. The maximum Gasteiger partial charge on any atom is 0.166 e. The summed E-state index contributed by atoms with van der Waals surface area (Å²) in [6, 6.07) is 0. The molecule has 0 saturated carbocycles. The molecule has 0 aliphatic carbocycles.